The second-order valence-corrected chi connectivity index (χ2v) is 6.50. The van der Waals surface area contributed by atoms with Crippen molar-refractivity contribution in [1.29, 1.82) is 0 Å². The molecule has 25 heavy (non-hydrogen) atoms. The molecule has 128 valence electrons. The average molecular weight is 354 g/mol. The van der Waals surface area contributed by atoms with E-state index in [1.807, 2.05) is 44.2 Å². The number of hydrazone groups is 1. The van der Waals surface area contributed by atoms with Gasteiger partial charge in [0.15, 0.2) is 11.0 Å². The number of hydrogen-bond acceptors (Lipinski definition) is 6. The Hall–Kier alpha value is -2.74. The number of rotatable bonds is 5. The van der Waals surface area contributed by atoms with Gasteiger partial charge in [0.05, 0.1) is 16.8 Å². The molecule has 0 aliphatic rings. The first kappa shape index (κ1) is 17.1. The molecule has 0 aliphatic carbocycles. The van der Waals surface area contributed by atoms with Crippen LogP contribution in [0.2, 0.25) is 0 Å². The number of H-pyrrole nitrogens is 1. The van der Waals surface area contributed by atoms with Crippen molar-refractivity contribution < 1.29 is 4.79 Å². The molecule has 0 spiro atoms. The summed E-state index contributed by atoms with van der Waals surface area (Å²) in [5, 5.41) is 4.69. The topological polar surface area (TPSA) is 95.9 Å². The highest BCUT2D eigenvalue weighted by Crippen LogP contribution is 2.14. The van der Waals surface area contributed by atoms with Crippen molar-refractivity contribution in [3.8, 4) is 0 Å². The number of hydrogen-bond donors (Lipinski definition) is 2. The van der Waals surface area contributed by atoms with Gasteiger partial charge in [-0.25, -0.2) is 20.4 Å². The predicted molar refractivity (Wildman–Crippen MR) is 98.7 cm³/mol. The van der Waals surface area contributed by atoms with Crippen LogP contribution >= 0.6 is 11.8 Å². The SMILES string of the molecule is C/C(=N\NC(=O)CSc1nc(C)cc(C)n1)c1nc2ccccc2[nH]1. The van der Waals surface area contributed by atoms with Gasteiger partial charge in [-0.1, -0.05) is 23.9 Å². The predicted octanol–water partition coefficient (Wildman–Crippen LogP) is 2.60. The van der Waals surface area contributed by atoms with Crippen molar-refractivity contribution >= 4 is 34.4 Å². The summed E-state index contributed by atoms with van der Waals surface area (Å²) in [6.45, 7) is 5.60. The minimum atomic E-state index is -0.219. The summed E-state index contributed by atoms with van der Waals surface area (Å²) in [4.78, 5) is 28.2. The molecule has 0 unspecified atom stereocenters. The zero-order valence-electron chi connectivity index (χ0n) is 14.2. The molecule has 3 rings (SSSR count). The van der Waals surface area contributed by atoms with Gasteiger partial charge in [-0.15, -0.1) is 0 Å². The van der Waals surface area contributed by atoms with Crippen molar-refractivity contribution in [2.75, 3.05) is 5.75 Å². The van der Waals surface area contributed by atoms with E-state index in [4.69, 9.17) is 0 Å². The Morgan fingerprint density at radius 1 is 1.20 bits per heavy atom. The number of fused-ring (bicyclic) bond motifs is 1. The van der Waals surface area contributed by atoms with Crippen LogP contribution in [-0.2, 0) is 4.79 Å². The van der Waals surface area contributed by atoms with Crippen LogP contribution in [0, 0.1) is 13.8 Å². The number of aromatic amines is 1. The van der Waals surface area contributed by atoms with Gasteiger partial charge in [0.25, 0.3) is 5.91 Å². The van der Waals surface area contributed by atoms with Gasteiger partial charge in [0.1, 0.15) is 5.71 Å². The normalized spacial score (nSPS) is 11.7. The third-order valence-electron chi connectivity index (χ3n) is 3.37. The van der Waals surface area contributed by atoms with Gasteiger partial charge >= 0.3 is 0 Å². The number of benzene rings is 1. The molecule has 2 aromatic heterocycles. The Balaban J connectivity index is 1.59. The van der Waals surface area contributed by atoms with Crippen LogP contribution < -0.4 is 5.43 Å². The lowest BCUT2D eigenvalue weighted by molar-refractivity contribution is -0.118. The van der Waals surface area contributed by atoms with Crippen molar-refractivity contribution in [1.82, 2.24) is 25.4 Å². The van der Waals surface area contributed by atoms with Gasteiger partial charge < -0.3 is 4.98 Å². The molecule has 3 aromatic rings. The number of aryl methyl sites for hydroxylation is 2. The Kier molecular flexibility index (Phi) is 5.08. The summed E-state index contributed by atoms with van der Waals surface area (Å²) in [6, 6.07) is 9.61. The highest BCUT2D eigenvalue weighted by atomic mass is 32.2. The summed E-state index contributed by atoms with van der Waals surface area (Å²) in [7, 11) is 0. The van der Waals surface area contributed by atoms with Crippen LogP contribution in [0.5, 0.6) is 0 Å². The molecule has 7 nitrogen and oxygen atoms in total. The molecule has 1 amide bonds. The second-order valence-electron chi connectivity index (χ2n) is 5.56. The molecule has 2 N–H and O–H groups in total. The maximum atomic E-state index is 12.0. The third kappa shape index (κ3) is 4.42. The van der Waals surface area contributed by atoms with E-state index in [1.165, 1.54) is 11.8 Å². The first-order chi connectivity index (χ1) is 12.0. The van der Waals surface area contributed by atoms with Crippen LogP contribution in [-0.4, -0.2) is 37.3 Å². The summed E-state index contributed by atoms with van der Waals surface area (Å²) < 4.78 is 0. The van der Waals surface area contributed by atoms with E-state index in [-0.39, 0.29) is 11.7 Å². The maximum Gasteiger partial charge on any atom is 0.250 e. The summed E-state index contributed by atoms with van der Waals surface area (Å²) in [6.07, 6.45) is 0. The zero-order valence-corrected chi connectivity index (χ0v) is 15.0. The number of carbonyl (C=O) groups is 1. The quantitative estimate of drug-likeness (QED) is 0.318. The standard InChI is InChI=1S/C17H18N6OS/c1-10-8-11(2)19-17(18-10)25-9-15(24)23-22-12(3)16-20-13-6-4-5-7-14(13)21-16/h4-8H,9H2,1-3H3,(H,20,21)(H,23,24)/b22-12+. The first-order valence-corrected chi connectivity index (χ1v) is 8.73. The number of para-hydroxylation sites is 2. The lowest BCUT2D eigenvalue weighted by atomic mass is 10.3. The zero-order chi connectivity index (χ0) is 17.8. The average Bonchev–Trinajstić information content (AvgIpc) is 3.01. The number of amides is 1. The number of imidazole rings is 1. The van der Waals surface area contributed by atoms with Crippen molar-refractivity contribution in [3.63, 3.8) is 0 Å². The van der Waals surface area contributed by atoms with Crippen LogP contribution in [0.1, 0.15) is 24.1 Å². The molecule has 0 atom stereocenters. The molecule has 0 bridgehead atoms. The van der Waals surface area contributed by atoms with E-state index in [2.05, 4.69) is 30.5 Å². The smallest absolute Gasteiger partial charge is 0.250 e. The minimum Gasteiger partial charge on any atom is -0.337 e. The molecule has 0 radical (unpaired) electrons. The monoisotopic (exact) mass is 354 g/mol. The maximum absolute atomic E-state index is 12.0. The number of carbonyl (C=O) groups excluding carboxylic acids is 1. The molecule has 0 saturated carbocycles. The Morgan fingerprint density at radius 2 is 1.92 bits per heavy atom. The van der Waals surface area contributed by atoms with Crippen molar-refractivity contribution in [2.24, 2.45) is 5.10 Å². The van der Waals surface area contributed by atoms with E-state index in [0.717, 1.165) is 22.4 Å². The van der Waals surface area contributed by atoms with E-state index >= 15 is 0 Å². The van der Waals surface area contributed by atoms with Gasteiger partial charge in [0.2, 0.25) is 0 Å². The van der Waals surface area contributed by atoms with E-state index < -0.39 is 0 Å². The number of nitrogens with zero attached hydrogens (tertiary/aromatic N) is 4. The van der Waals surface area contributed by atoms with Crippen LogP contribution in [0.25, 0.3) is 11.0 Å². The molecule has 8 heteroatoms. The lowest BCUT2D eigenvalue weighted by Gasteiger charge is -2.03. The number of nitrogens with one attached hydrogen (secondary N) is 2. The van der Waals surface area contributed by atoms with E-state index in [9.17, 15) is 4.79 Å². The Morgan fingerprint density at radius 3 is 2.64 bits per heavy atom. The van der Waals surface area contributed by atoms with Gasteiger partial charge in [-0.2, -0.15) is 5.10 Å². The molecule has 1 aromatic carbocycles. The fraction of sp³-hybridized carbons (Fsp3) is 0.235. The van der Waals surface area contributed by atoms with Crippen molar-refractivity contribution in [3.05, 3.63) is 47.5 Å². The molecular formula is C17H18N6OS. The first-order valence-electron chi connectivity index (χ1n) is 7.74. The molecular weight excluding hydrogens is 336 g/mol. The number of thioether (sulfide) groups is 1. The summed E-state index contributed by atoms with van der Waals surface area (Å²) in [5.41, 5.74) is 6.71. The fourth-order valence-electron chi connectivity index (χ4n) is 2.24. The van der Waals surface area contributed by atoms with Crippen LogP contribution in [0.4, 0.5) is 0 Å². The number of aromatic nitrogens is 4. The van der Waals surface area contributed by atoms with Gasteiger partial charge in [-0.3, -0.25) is 4.79 Å². The van der Waals surface area contributed by atoms with Crippen LogP contribution in [0.15, 0.2) is 40.6 Å². The lowest BCUT2D eigenvalue weighted by Crippen LogP contribution is -2.21. The third-order valence-corrected chi connectivity index (χ3v) is 4.22. The summed E-state index contributed by atoms with van der Waals surface area (Å²) in [5.74, 6) is 0.606. The second kappa shape index (κ2) is 7.43. The Labute approximate surface area is 149 Å². The molecule has 2 heterocycles. The highest BCUT2D eigenvalue weighted by molar-refractivity contribution is 7.99. The fourth-order valence-corrected chi connectivity index (χ4v) is 2.99. The minimum absolute atomic E-state index is 0.194. The van der Waals surface area contributed by atoms with Gasteiger partial charge in [0, 0.05) is 11.4 Å². The van der Waals surface area contributed by atoms with Crippen molar-refractivity contribution in [2.45, 2.75) is 25.9 Å². The van der Waals surface area contributed by atoms with E-state index in [0.29, 0.717) is 16.7 Å². The Bertz CT molecular complexity index is 896. The largest absolute Gasteiger partial charge is 0.337 e. The highest BCUT2D eigenvalue weighted by Gasteiger charge is 2.08. The van der Waals surface area contributed by atoms with Crippen LogP contribution in [0.3, 0.4) is 0 Å². The summed E-state index contributed by atoms with van der Waals surface area (Å²) >= 11 is 1.28. The van der Waals surface area contributed by atoms with E-state index in [1.54, 1.807) is 6.92 Å². The van der Waals surface area contributed by atoms with Gasteiger partial charge in [-0.05, 0) is 39.0 Å². The molecule has 0 fully saturated rings. The molecule has 0 aliphatic heterocycles. The molecule has 0 saturated heterocycles.